The second-order valence-electron chi connectivity index (χ2n) is 6.88. The van der Waals surface area contributed by atoms with Gasteiger partial charge in [-0.25, -0.2) is 8.42 Å². The van der Waals surface area contributed by atoms with Crippen molar-refractivity contribution in [3.63, 3.8) is 0 Å². The van der Waals surface area contributed by atoms with Crippen LogP contribution in [0, 0.1) is 0 Å². The number of nitrogens with one attached hydrogen (secondary N) is 1. The molecule has 1 saturated carbocycles. The van der Waals surface area contributed by atoms with Gasteiger partial charge >= 0.3 is 0 Å². The third-order valence-electron chi connectivity index (χ3n) is 4.72. The molecule has 0 unspecified atom stereocenters. The molecule has 8 heteroatoms. The molecule has 27 heavy (non-hydrogen) atoms. The van der Waals surface area contributed by atoms with Crippen LogP contribution < -0.4 is 9.62 Å². The largest absolute Gasteiger partial charge is 0.353 e. The van der Waals surface area contributed by atoms with Crippen molar-refractivity contribution < 1.29 is 13.2 Å². The highest BCUT2D eigenvalue weighted by molar-refractivity contribution is 7.99. The Balaban J connectivity index is 1.98. The van der Waals surface area contributed by atoms with E-state index in [2.05, 4.69) is 5.32 Å². The van der Waals surface area contributed by atoms with E-state index in [0.717, 1.165) is 12.0 Å². The van der Waals surface area contributed by atoms with Crippen molar-refractivity contribution in [1.82, 2.24) is 5.32 Å². The van der Waals surface area contributed by atoms with Crippen LogP contribution in [0.25, 0.3) is 0 Å². The molecule has 0 saturated heterocycles. The van der Waals surface area contributed by atoms with Gasteiger partial charge in [0.15, 0.2) is 0 Å². The molecule has 1 aliphatic carbocycles. The minimum absolute atomic E-state index is 0.262. The summed E-state index contributed by atoms with van der Waals surface area (Å²) in [6.07, 6.45) is 7.95. The standard InChI is InChI=1S/C19H29ClN2O3S2/c1-3-18(19(23)21-13-14-26-17-7-5-4-6-8-17)22(27(2,24)25)16-11-9-15(20)10-12-16/h9-12,17-18H,3-8,13-14H2,1-2H3,(H,21,23)/t18-/m1/s1. The molecule has 1 aromatic carbocycles. The van der Waals surface area contributed by atoms with Crippen LogP contribution >= 0.6 is 23.4 Å². The minimum Gasteiger partial charge on any atom is -0.353 e. The molecular weight excluding hydrogens is 404 g/mol. The summed E-state index contributed by atoms with van der Waals surface area (Å²) in [5.41, 5.74) is 0.445. The fraction of sp³-hybridized carbons (Fsp3) is 0.632. The maximum atomic E-state index is 12.7. The number of amides is 1. The smallest absolute Gasteiger partial charge is 0.243 e. The molecule has 152 valence electrons. The maximum absolute atomic E-state index is 12.7. The van der Waals surface area contributed by atoms with Crippen molar-refractivity contribution in [3.8, 4) is 0 Å². The first-order valence-electron chi connectivity index (χ1n) is 9.47. The van der Waals surface area contributed by atoms with Crippen molar-refractivity contribution in [2.24, 2.45) is 0 Å². The van der Waals surface area contributed by atoms with Gasteiger partial charge in [-0.05, 0) is 43.5 Å². The highest BCUT2D eigenvalue weighted by Gasteiger charge is 2.31. The number of hydrogen-bond donors (Lipinski definition) is 1. The van der Waals surface area contributed by atoms with Crippen LogP contribution in [-0.4, -0.2) is 44.2 Å². The Morgan fingerprint density at radius 2 is 1.89 bits per heavy atom. The molecule has 1 aliphatic rings. The van der Waals surface area contributed by atoms with Gasteiger partial charge in [0.2, 0.25) is 15.9 Å². The Kier molecular flexibility index (Phi) is 8.76. The van der Waals surface area contributed by atoms with E-state index in [0.29, 0.717) is 28.9 Å². The number of hydrogen-bond acceptors (Lipinski definition) is 4. The zero-order valence-electron chi connectivity index (χ0n) is 16.0. The fourth-order valence-corrected chi connectivity index (χ4v) is 5.96. The molecule has 0 bridgehead atoms. The molecule has 1 atom stereocenters. The Morgan fingerprint density at radius 3 is 2.44 bits per heavy atom. The van der Waals surface area contributed by atoms with E-state index in [1.807, 2.05) is 18.7 Å². The van der Waals surface area contributed by atoms with E-state index in [1.165, 1.54) is 36.4 Å². The lowest BCUT2D eigenvalue weighted by Crippen LogP contribution is -2.49. The topological polar surface area (TPSA) is 66.5 Å². The predicted octanol–water partition coefficient (Wildman–Crippen LogP) is 4.07. The molecule has 2 rings (SSSR count). The molecule has 0 heterocycles. The van der Waals surface area contributed by atoms with Gasteiger partial charge in [-0.15, -0.1) is 0 Å². The first kappa shape index (κ1) is 22.4. The highest BCUT2D eigenvalue weighted by atomic mass is 35.5. The number of sulfonamides is 1. The average Bonchev–Trinajstić information content (AvgIpc) is 2.64. The van der Waals surface area contributed by atoms with E-state index in [4.69, 9.17) is 11.6 Å². The quantitative estimate of drug-likeness (QED) is 0.597. The van der Waals surface area contributed by atoms with Gasteiger partial charge in [0.05, 0.1) is 11.9 Å². The molecule has 5 nitrogen and oxygen atoms in total. The van der Waals surface area contributed by atoms with Crippen LogP contribution in [0.2, 0.25) is 5.02 Å². The molecule has 0 spiro atoms. The first-order chi connectivity index (χ1) is 12.8. The van der Waals surface area contributed by atoms with Crippen LogP contribution in [0.15, 0.2) is 24.3 Å². The van der Waals surface area contributed by atoms with Crippen LogP contribution in [0.1, 0.15) is 45.4 Å². The highest BCUT2D eigenvalue weighted by Crippen LogP contribution is 2.28. The van der Waals surface area contributed by atoms with Gasteiger partial charge in [-0.1, -0.05) is 37.8 Å². The number of halogens is 1. The SMILES string of the molecule is CC[C@H](C(=O)NCCSC1CCCCC1)N(c1ccc(Cl)cc1)S(C)(=O)=O. The van der Waals surface area contributed by atoms with E-state index in [-0.39, 0.29) is 5.91 Å². The minimum atomic E-state index is -3.61. The number of thioether (sulfide) groups is 1. The molecule has 1 amide bonds. The number of rotatable bonds is 9. The second kappa shape index (κ2) is 10.6. The van der Waals surface area contributed by atoms with E-state index >= 15 is 0 Å². The summed E-state index contributed by atoms with van der Waals surface area (Å²) < 4.78 is 25.9. The van der Waals surface area contributed by atoms with Gasteiger partial charge in [0.25, 0.3) is 0 Å². The number of benzene rings is 1. The third-order valence-corrected chi connectivity index (χ3v) is 7.53. The van der Waals surface area contributed by atoms with Gasteiger partial charge in [-0.3, -0.25) is 9.10 Å². The van der Waals surface area contributed by atoms with Gasteiger partial charge in [0.1, 0.15) is 6.04 Å². The molecule has 0 aromatic heterocycles. The Labute approximate surface area is 172 Å². The summed E-state index contributed by atoms with van der Waals surface area (Å²) in [5, 5.41) is 4.13. The Bertz CT molecular complexity index is 704. The Hall–Kier alpha value is -0.920. The lowest BCUT2D eigenvalue weighted by atomic mass is 10.0. The molecule has 0 radical (unpaired) electrons. The number of carbonyl (C=O) groups is 1. The average molecular weight is 433 g/mol. The molecule has 0 aliphatic heterocycles. The van der Waals surface area contributed by atoms with Crippen molar-refractivity contribution in [1.29, 1.82) is 0 Å². The van der Waals surface area contributed by atoms with Crippen molar-refractivity contribution in [2.75, 3.05) is 22.9 Å². The summed E-state index contributed by atoms with van der Waals surface area (Å²) in [7, 11) is -3.61. The number of anilines is 1. The van der Waals surface area contributed by atoms with Crippen LogP contribution in [0.5, 0.6) is 0 Å². The van der Waals surface area contributed by atoms with Crippen molar-refractivity contribution >= 4 is 45.0 Å². The Morgan fingerprint density at radius 1 is 1.26 bits per heavy atom. The van der Waals surface area contributed by atoms with Gasteiger partial charge < -0.3 is 5.32 Å². The van der Waals surface area contributed by atoms with Crippen LogP contribution in [0.4, 0.5) is 5.69 Å². The van der Waals surface area contributed by atoms with Crippen LogP contribution in [-0.2, 0) is 14.8 Å². The molecule has 1 aromatic rings. The number of nitrogens with zero attached hydrogens (tertiary/aromatic N) is 1. The van der Waals surface area contributed by atoms with Crippen molar-refractivity contribution in [2.45, 2.75) is 56.7 Å². The molecule has 1 fully saturated rings. The zero-order chi connectivity index (χ0) is 19.9. The zero-order valence-corrected chi connectivity index (χ0v) is 18.4. The predicted molar refractivity (Wildman–Crippen MR) is 115 cm³/mol. The lowest BCUT2D eigenvalue weighted by Gasteiger charge is -2.30. The summed E-state index contributed by atoms with van der Waals surface area (Å²) in [6.45, 7) is 2.36. The fourth-order valence-electron chi connectivity index (χ4n) is 3.40. The summed E-state index contributed by atoms with van der Waals surface area (Å²) in [4.78, 5) is 12.7. The molecular formula is C19H29ClN2O3S2. The van der Waals surface area contributed by atoms with E-state index in [1.54, 1.807) is 24.3 Å². The summed E-state index contributed by atoms with van der Waals surface area (Å²) >= 11 is 7.81. The second-order valence-corrected chi connectivity index (χ2v) is 10.6. The summed E-state index contributed by atoms with van der Waals surface area (Å²) in [6, 6.07) is 5.72. The van der Waals surface area contributed by atoms with E-state index < -0.39 is 16.1 Å². The normalized spacial score (nSPS) is 16.7. The van der Waals surface area contributed by atoms with Crippen molar-refractivity contribution in [3.05, 3.63) is 29.3 Å². The summed E-state index contributed by atoms with van der Waals surface area (Å²) in [5.74, 6) is 0.592. The van der Waals surface area contributed by atoms with Gasteiger partial charge in [0, 0.05) is 22.6 Å². The third kappa shape index (κ3) is 6.88. The first-order valence-corrected chi connectivity index (χ1v) is 12.7. The monoisotopic (exact) mass is 432 g/mol. The maximum Gasteiger partial charge on any atom is 0.243 e. The number of carbonyl (C=O) groups excluding carboxylic acids is 1. The van der Waals surface area contributed by atoms with E-state index in [9.17, 15) is 13.2 Å². The molecule has 1 N–H and O–H groups in total. The lowest BCUT2D eigenvalue weighted by molar-refractivity contribution is -0.122. The van der Waals surface area contributed by atoms with Crippen LogP contribution in [0.3, 0.4) is 0 Å². The van der Waals surface area contributed by atoms with Gasteiger partial charge in [-0.2, -0.15) is 11.8 Å².